The lowest BCUT2D eigenvalue weighted by atomic mass is 10.2. The lowest BCUT2D eigenvalue weighted by molar-refractivity contribution is 0.626. The number of hydrogen-bond donors (Lipinski definition) is 0. The van der Waals surface area contributed by atoms with Gasteiger partial charge < -0.3 is 0 Å². The normalized spacial score (nSPS) is 8.31. The Kier molecular flexibility index (Phi) is 32.7. The second-order valence-electron chi connectivity index (χ2n) is 3.86. The van der Waals surface area contributed by atoms with Crippen LogP contribution >= 0.6 is 0 Å². The molecular weight excluding hydrogens is 156 g/mol. The van der Waals surface area contributed by atoms with Crippen LogP contribution in [0.2, 0.25) is 0 Å². The molecule has 0 aliphatic heterocycles. The smallest absolute Gasteiger partial charge is 0.0474 e. The van der Waals surface area contributed by atoms with Gasteiger partial charge in [-0.15, -0.1) is 0 Å². The molecule has 0 aromatic carbocycles. The van der Waals surface area contributed by atoms with Gasteiger partial charge in [0.15, 0.2) is 0 Å². The Morgan fingerprint density at radius 3 is 1.00 bits per heavy atom. The van der Waals surface area contributed by atoms with Crippen molar-refractivity contribution in [1.29, 1.82) is 0 Å². The predicted octanol–water partition coefficient (Wildman–Crippen LogP) is 5.67. The molecule has 0 rings (SSSR count). The van der Waals surface area contributed by atoms with Gasteiger partial charge in [0.2, 0.25) is 0 Å². The summed E-state index contributed by atoms with van der Waals surface area (Å²) in [6.07, 6.45) is 6.63. The van der Waals surface area contributed by atoms with E-state index in [9.17, 15) is 0 Å². The minimum atomic E-state index is 0.884. The minimum Gasteiger partial charge on any atom is -0.0656 e. The molecule has 0 fully saturated rings. The zero-order valence-corrected chi connectivity index (χ0v) is 11.1. The molecule has 0 nitrogen and oxygen atoms in total. The van der Waals surface area contributed by atoms with Crippen molar-refractivity contribution >= 4 is 0 Å². The zero-order valence-electron chi connectivity index (χ0n) is 11.1. The maximum absolute atomic E-state index is 2.22. The van der Waals surface area contributed by atoms with Crippen LogP contribution < -0.4 is 0 Å². The summed E-state index contributed by atoms with van der Waals surface area (Å²) >= 11 is 0. The van der Waals surface area contributed by atoms with Gasteiger partial charge in [0.05, 0.1) is 0 Å². The van der Waals surface area contributed by atoms with Crippen molar-refractivity contribution < 1.29 is 0 Å². The van der Waals surface area contributed by atoms with E-state index in [2.05, 4.69) is 48.5 Å². The lowest BCUT2D eigenvalue weighted by Crippen LogP contribution is -1.77. The molecule has 0 aromatic rings. The van der Waals surface area contributed by atoms with Gasteiger partial charge in [-0.25, -0.2) is 0 Å². The van der Waals surface area contributed by atoms with E-state index in [1.807, 2.05) is 0 Å². The molecule has 0 N–H and O–H groups in total. The fourth-order valence-electron chi connectivity index (χ4n) is 0.354. The first-order valence-corrected chi connectivity index (χ1v) is 6.10. The Labute approximate surface area is 87.1 Å². The molecule has 13 heavy (non-hydrogen) atoms. The van der Waals surface area contributed by atoms with Crippen LogP contribution in [0.1, 0.15) is 80.6 Å². The molecule has 84 valence electrons. The van der Waals surface area contributed by atoms with Crippen molar-refractivity contribution in [2.75, 3.05) is 0 Å². The average molecular weight is 188 g/mol. The van der Waals surface area contributed by atoms with Crippen LogP contribution in [0.4, 0.5) is 0 Å². The summed E-state index contributed by atoms with van der Waals surface area (Å²) in [5.74, 6) is 0.884. The van der Waals surface area contributed by atoms with Crippen molar-refractivity contribution in [2.45, 2.75) is 80.6 Å². The van der Waals surface area contributed by atoms with Crippen molar-refractivity contribution in [1.82, 2.24) is 0 Å². The second-order valence-corrected chi connectivity index (χ2v) is 3.86. The molecule has 0 bridgehead atoms. The van der Waals surface area contributed by atoms with Gasteiger partial charge in [-0.2, -0.15) is 0 Å². The molecule has 0 atom stereocenters. The highest BCUT2D eigenvalue weighted by atomic mass is 13.9. The van der Waals surface area contributed by atoms with Crippen molar-refractivity contribution in [3.8, 4) is 0 Å². The van der Waals surface area contributed by atoms with Crippen LogP contribution in [-0.2, 0) is 0 Å². The Morgan fingerprint density at radius 2 is 1.00 bits per heavy atom. The first-order valence-electron chi connectivity index (χ1n) is 6.10. The van der Waals surface area contributed by atoms with Crippen LogP contribution in [0.25, 0.3) is 0 Å². The highest BCUT2D eigenvalue weighted by molar-refractivity contribution is 4.32. The summed E-state index contributed by atoms with van der Waals surface area (Å²) in [6.45, 7) is 15.3. The molecular formula is C13H32. The summed E-state index contributed by atoms with van der Waals surface area (Å²) in [6, 6.07) is 0. The van der Waals surface area contributed by atoms with E-state index in [1.165, 1.54) is 32.1 Å². The Balaban J connectivity index is -0.000000120. The fraction of sp³-hybridized carbons (Fsp3) is 1.00. The third kappa shape index (κ3) is 75.0. The molecule has 0 amide bonds. The van der Waals surface area contributed by atoms with Crippen LogP contribution in [0.5, 0.6) is 0 Å². The van der Waals surface area contributed by atoms with E-state index in [0.717, 1.165) is 5.92 Å². The lowest BCUT2D eigenvalue weighted by Gasteiger charge is -1.90. The van der Waals surface area contributed by atoms with E-state index < -0.39 is 0 Å². The van der Waals surface area contributed by atoms with E-state index in [4.69, 9.17) is 0 Å². The monoisotopic (exact) mass is 188 g/mol. The Hall–Kier alpha value is 0. The van der Waals surface area contributed by atoms with Gasteiger partial charge in [0.1, 0.15) is 0 Å². The third-order valence-corrected chi connectivity index (χ3v) is 1.52. The topological polar surface area (TPSA) is 0 Å². The van der Waals surface area contributed by atoms with Crippen LogP contribution in [0.3, 0.4) is 0 Å². The predicted molar refractivity (Wildman–Crippen MR) is 66.3 cm³/mol. The highest BCUT2D eigenvalue weighted by Crippen LogP contribution is 1.93. The van der Waals surface area contributed by atoms with Gasteiger partial charge >= 0.3 is 0 Å². The maximum atomic E-state index is 2.22. The first-order chi connectivity index (χ1) is 6.10. The number of rotatable bonds is 3. The first kappa shape index (κ1) is 18.7. The Morgan fingerprint density at radius 1 is 0.769 bits per heavy atom. The van der Waals surface area contributed by atoms with Crippen molar-refractivity contribution in [3.05, 3.63) is 0 Å². The van der Waals surface area contributed by atoms with Crippen LogP contribution in [-0.4, -0.2) is 0 Å². The van der Waals surface area contributed by atoms with Crippen LogP contribution in [0.15, 0.2) is 0 Å². The summed E-state index contributed by atoms with van der Waals surface area (Å²) in [4.78, 5) is 0. The number of hydrogen-bond acceptors (Lipinski definition) is 0. The van der Waals surface area contributed by atoms with Gasteiger partial charge in [-0.3, -0.25) is 0 Å². The van der Waals surface area contributed by atoms with E-state index >= 15 is 0 Å². The van der Waals surface area contributed by atoms with E-state index in [0.29, 0.717) is 0 Å². The zero-order chi connectivity index (χ0) is 11.1. The van der Waals surface area contributed by atoms with E-state index in [1.54, 1.807) is 0 Å². The molecule has 0 saturated heterocycles. The molecule has 0 unspecified atom stereocenters. The van der Waals surface area contributed by atoms with Crippen molar-refractivity contribution in [2.24, 2.45) is 5.92 Å². The molecule has 0 aliphatic carbocycles. The molecule has 0 saturated carbocycles. The third-order valence-electron chi connectivity index (χ3n) is 1.52. The minimum absolute atomic E-state index is 0.884. The van der Waals surface area contributed by atoms with Crippen molar-refractivity contribution in [3.63, 3.8) is 0 Å². The highest BCUT2D eigenvalue weighted by Gasteiger charge is 1.80. The summed E-state index contributed by atoms with van der Waals surface area (Å²) in [5, 5.41) is 0. The standard InChI is InChI=1S/2C5H12.C3H8/c1-4-5(2)3;1-3-5-4-2;1-3-2/h5H,4H2,1-3H3;3-5H2,1-2H3;3H2,1-2H3. The molecule has 0 heterocycles. The molecule has 0 aliphatic rings. The van der Waals surface area contributed by atoms with Crippen LogP contribution in [0, 0.1) is 5.92 Å². The Bertz CT molecular complexity index is 44.0. The van der Waals surface area contributed by atoms with Gasteiger partial charge in [0.25, 0.3) is 0 Å². The largest absolute Gasteiger partial charge is 0.0656 e. The SMILES string of the molecule is CCC.CCC(C)C.CCCCC. The quantitative estimate of drug-likeness (QED) is 0.535. The van der Waals surface area contributed by atoms with Gasteiger partial charge in [0, 0.05) is 0 Å². The summed E-state index contributed by atoms with van der Waals surface area (Å²) in [7, 11) is 0. The summed E-state index contributed by atoms with van der Waals surface area (Å²) < 4.78 is 0. The molecule has 0 radical (unpaired) electrons. The molecule has 0 heteroatoms. The summed E-state index contributed by atoms with van der Waals surface area (Å²) in [5.41, 5.74) is 0. The van der Waals surface area contributed by atoms with E-state index in [-0.39, 0.29) is 0 Å². The number of unbranched alkanes of at least 4 members (excludes halogenated alkanes) is 2. The van der Waals surface area contributed by atoms with Gasteiger partial charge in [-0.05, 0) is 5.92 Å². The second kappa shape index (κ2) is 22.7. The average Bonchev–Trinajstić information content (AvgIpc) is 2.08. The maximum Gasteiger partial charge on any atom is -0.0474 e. The van der Waals surface area contributed by atoms with Gasteiger partial charge in [-0.1, -0.05) is 80.6 Å². The molecule has 0 aromatic heterocycles. The fourth-order valence-corrected chi connectivity index (χ4v) is 0.354. The molecule has 0 spiro atoms.